The molecular formula is C23H31N2O3S+. The average Bonchev–Trinajstić information content (AvgIpc) is 2.94. The highest BCUT2D eigenvalue weighted by molar-refractivity contribution is 7.17. The molecule has 1 aliphatic heterocycles. The Morgan fingerprint density at radius 3 is 2.48 bits per heavy atom. The fraction of sp³-hybridized carbons (Fsp3) is 0.478. The van der Waals surface area contributed by atoms with E-state index in [-0.39, 0.29) is 23.0 Å². The van der Waals surface area contributed by atoms with Crippen LogP contribution in [0.25, 0.3) is 0 Å². The van der Waals surface area contributed by atoms with Crippen molar-refractivity contribution in [3.63, 3.8) is 0 Å². The number of hydrogen-bond acceptors (Lipinski definition) is 4. The van der Waals surface area contributed by atoms with Crippen molar-refractivity contribution in [3.8, 4) is 0 Å². The van der Waals surface area contributed by atoms with E-state index in [1.54, 1.807) is 6.92 Å². The van der Waals surface area contributed by atoms with Crippen molar-refractivity contribution in [2.45, 2.75) is 66.0 Å². The van der Waals surface area contributed by atoms with Gasteiger partial charge in [0.2, 0.25) is 0 Å². The zero-order chi connectivity index (χ0) is 21.6. The molecule has 1 aliphatic rings. The molecule has 1 aromatic heterocycles. The summed E-state index contributed by atoms with van der Waals surface area (Å²) in [4.78, 5) is 26.9. The lowest BCUT2D eigenvalue weighted by Crippen LogP contribution is -3.03. The Bertz CT molecular complexity index is 973. The normalized spacial score (nSPS) is 16.8. The first-order valence-electron chi connectivity index (χ1n) is 10.0. The summed E-state index contributed by atoms with van der Waals surface area (Å²) in [5.74, 6) is -0.577. The molecule has 156 valence electrons. The molecule has 2 heterocycles. The van der Waals surface area contributed by atoms with Crippen LogP contribution in [0.1, 0.15) is 76.9 Å². The number of esters is 1. The van der Waals surface area contributed by atoms with Gasteiger partial charge in [-0.05, 0) is 77.3 Å². The Labute approximate surface area is 176 Å². The van der Waals surface area contributed by atoms with Crippen LogP contribution in [0, 0.1) is 13.8 Å². The number of aryl methyl sites for hydroxylation is 2. The maximum atomic E-state index is 12.9. The zero-order valence-corrected chi connectivity index (χ0v) is 19.2. The standard InChI is InChI=1S/C23H30N2O3S/c1-8-28-21(27)17-16-12-22(4,5)25-23(6,7)18(16)29-20(17)24-19(26)15-10-9-13(2)14(3)11-15/h9-11,25H,8,12H2,1-7H3,(H,24,26)/p+1. The molecule has 0 aliphatic carbocycles. The minimum Gasteiger partial charge on any atom is -0.462 e. The van der Waals surface area contributed by atoms with Crippen LogP contribution in [0.15, 0.2) is 18.2 Å². The van der Waals surface area contributed by atoms with E-state index in [9.17, 15) is 9.59 Å². The molecule has 29 heavy (non-hydrogen) atoms. The van der Waals surface area contributed by atoms with Gasteiger partial charge < -0.3 is 15.4 Å². The van der Waals surface area contributed by atoms with Gasteiger partial charge >= 0.3 is 5.97 Å². The number of amides is 1. The van der Waals surface area contributed by atoms with Gasteiger partial charge in [-0.15, -0.1) is 11.3 Å². The summed E-state index contributed by atoms with van der Waals surface area (Å²) in [7, 11) is 0. The summed E-state index contributed by atoms with van der Waals surface area (Å²) >= 11 is 1.49. The van der Waals surface area contributed by atoms with Crippen LogP contribution in [0.4, 0.5) is 5.00 Å². The number of rotatable bonds is 4. The second kappa shape index (κ2) is 7.58. The molecule has 0 fully saturated rings. The van der Waals surface area contributed by atoms with Crippen LogP contribution < -0.4 is 10.6 Å². The number of thiophene rings is 1. The lowest BCUT2D eigenvalue weighted by molar-refractivity contribution is -0.789. The molecule has 3 rings (SSSR count). The van der Waals surface area contributed by atoms with Crippen LogP contribution in [0.3, 0.4) is 0 Å². The Kier molecular flexibility index (Phi) is 5.62. The van der Waals surface area contributed by atoms with Crippen LogP contribution in [0.2, 0.25) is 0 Å². The minimum absolute atomic E-state index is 0.0475. The second-order valence-electron chi connectivity index (χ2n) is 9.12. The third-order valence-corrected chi connectivity index (χ3v) is 6.94. The molecule has 0 bridgehead atoms. The molecule has 1 amide bonds. The highest BCUT2D eigenvalue weighted by Gasteiger charge is 2.45. The van der Waals surface area contributed by atoms with E-state index in [4.69, 9.17) is 4.74 Å². The van der Waals surface area contributed by atoms with Crippen LogP contribution in [0.5, 0.6) is 0 Å². The van der Waals surface area contributed by atoms with Crippen molar-refractivity contribution in [1.29, 1.82) is 0 Å². The third-order valence-electron chi connectivity index (χ3n) is 5.45. The molecule has 0 unspecified atom stereocenters. The fourth-order valence-corrected chi connectivity index (χ4v) is 5.54. The Hall–Kier alpha value is -2.18. The van der Waals surface area contributed by atoms with Crippen LogP contribution in [-0.4, -0.2) is 24.0 Å². The topological polar surface area (TPSA) is 72.0 Å². The molecule has 0 saturated heterocycles. The summed E-state index contributed by atoms with van der Waals surface area (Å²) in [6.45, 7) is 14.8. The molecule has 5 nitrogen and oxygen atoms in total. The predicted octanol–water partition coefficient (Wildman–Crippen LogP) is 3.93. The molecule has 2 aromatic rings. The Morgan fingerprint density at radius 1 is 1.17 bits per heavy atom. The quantitative estimate of drug-likeness (QED) is 0.743. The Morgan fingerprint density at radius 2 is 1.86 bits per heavy atom. The number of nitrogens with two attached hydrogens (primary N) is 1. The number of fused-ring (bicyclic) bond motifs is 1. The number of carbonyl (C=O) groups excluding carboxylic acids is 2. The van der Waals surface area contributed by atoms with E-state index in [1.165, 1.54) is 11.3 Å². The van der Waals surface area contributed by atoms with Gasteiger partial charge in [0.05, 0.1) is 22.6 Å². The molecule has 0 saturated carbocycles. The van der Waals surface area contributed by atoms with E-state index in [0.29, 0.717) is 22.7 Å². The Balaban J connectivity index is 2.06. The van der Waals surface area contributed by atoms with Crippen molar-refractivity contribution in [2.75, 3.05) is 11.9 Å². The van der Waals surface area contributed by atoms with Gasteiger partial charge in [-0.25, -0.2) is 4.79 Å². The monoisotopic (exact) mass is 415 g/mol. The van der Waals surface area contributed by atoms with E-state index < -0.39 is 0 Å². The summed E-state index contributed by atoms with van der Waals surface area (Å²) in [5, 5.41) is 5.92. The van der Waals surface area contributed by atoms with Crippen LogP contribution in [-0.2, 0) is 16.7 Å². The average molecular weight is 416 g/mol. The molecule has 0 spiro atoms. The first-order valence-corrected chi connectivity index (χ1v) is 10.9. The SMILES string of the molecule is CCOC(=O)c1c(NC(=O)c2ccc(C)c(C)c2)sc2c1CC(C)(C)[NH2+]C2(C)C. The van der Waals surface area contributed by atoms with E-state index in [0.717, 1.165) is 28.0 Å². The maximum absolute atomic E-state index is 12.9. The van der Waals surface area contributed by atoms with Gasteiger partial charge in [-0.2, -0.15) is 0 Å². The lowest BCUT2D eigenvalue weighted by Gasteiger charge is -2.38. The van der Waals surface area contributed by atoms with E-state index >= 15 is 0 Å². The van der Waals surface area contributed by atoms with E-state index in [2.05, 4.69) is 38.3 Å². The van der Waals surface area contributed by atoms with Crippen molar-refractivity contribution in [2.24, 2.45) is 0 Å². The summed E-state index contributed by atoms with van der Waals surface area (Å²) in [6, 6.07) is 5.63. The highest BCUT2D eigenvalue weighted by atomic mass is 32.1. The molecule has 0 atom stereocenters. The first kappa shape index (κ1) is 21.5. The minimum atomic E-state index is -0.367. The van der Waals surface area contributed by atoms with Gasteiger partial charge in [0, 0.05) is 12.0 Å². The molecule has 0 radical (unpaired) electrons. The number of hydrogen-bond donors (Lipinski definition) is 2. The summed E-state index contributed by atoms with van der Waals surface area (Å²) < 4.78 is 5.36. The van der Waals surface area contributed by atoms with E-state index in [1.807, 2.05) is 32.0 Å². The zero-order valence-electron chi connectivity index (χ0n) is 18.4. The van der Waals surface area contributed by atoms with Gasteiger partial charge in [0.1, 0.15) is 10.5 Å². The number of quaternary nitrogens is 1. The number of ether oxygens (including phenoxy) is 1. The molecule has 6 heteroatoms. The summed E-state index contributed by atoms with van der Waals surface area (Å²) in [6.07, 6.45) is 0.746. The number of carbonyl (C=O) groups is 2. The molecule has 3 N–H and O–H groups in total. The van der Waals surface area contributed by atoms with Gasteiger partial charge in [0.25, 0.3) is 5.91 Å². The smallest absolute Gasteiger partial charge is 0.341 e. The predicted molar refractivity (Wildman–Crippen MR) is 117 cm³/mol. The van der Waals surface area contributed by atoms with Crippen molar-refractivity contribution in [3.05, 3.63) is 50.9 Å². The lowest BCUT2D eigenvalue weighted by atomic mass is 9.81. The van der Waals surface area contributed by atoms with Gasteiger partial charge in [0.15, 0.2) is 0 Å². The third kappa shape index (κ3) is 4.23. The van der Waals surface area contributed by atoms with Gasteiger partial charge in [-0.3, -0.25) is 4.79 Å². The molecular weight excluding hydrogens is 384 g/mol. The highest BCUT2D eigenvalue weighted by Crippen LogP contribution is 2.42. The maximum Gasteiger partial charge on any atom is 0.341 e. The van der Waals surface area contributed by atoms with Crippen LogP contribution >= 0.6 is 11.3 Å². The second-order valence-corrected chi connectivity index (χ2v) is 10.1. The van der Waals surface area contributed by atoms with Crippen molar-refractivity contribution >= 4 is 28.2 Å². The largest absolute Gasteiger partial charge is 0.462 e. The first-order chi connectivity index (χ1) is 13.4. The number of nitrogens with one attached hydrogen (secondary N) is 1. The van der Waals surface area contributed by atoms with Crippen molar-refractivity contribution in [1.82, 2.24) is 0 Å². The van der Waals surface area contributed by atoms with Crippen molar-refractivity contribution < 1.29 is 19.6 Å². The summed E-state index contributed by atoms with van der Waals surface area (Å²) in [5.41, 5.74) is 4.06. The number of benzene rings is 1. The van der Waals surface area contributed by atoms with Gasteiger partial charge in [-0.1, -0.05) is 6.07 Å². The number of anilines is 1. The fourth-order valence-electron chi connectivity index (χ4n) is 4.27. The molecule has 1 aromatic carbocycles.